The maximum atomic E-state index is 5.73. The summed E-state index contributed by atoms with van der Waals surface area (Å²) >= 11 is 0. The van der Waals surface area contributed by atoms with Gasteiger partial charge in [0.15, 0.2) is 0 Å². The molecule has 2 N–H and O–H groups in total. The van der Waals surface area contributed by atoms with E-state index in [1.807, 2.05) is 13.1 Å². The number of nitrogens with zero attached hydrogens (tertiary/aromatic N) is 3. The molecule has 0 aliphatic rings. The zero-order valence-corrected chi connectivity index (χ0v) is 9.99. The summed E-state index contributed by atoms with van der Waals surface area (Å²) in [5, 5.41) is 0. The van der Waals surface area contributed by atoms with Crippen LogP contribution in [0.2, 0.25) is 0 Å². The highest BCUT2D eigenvalue weighted by Gasteiger charge is 2.22. The van der Waals surface area contributed by atoms with Gasteiger partial charge in [-0.2, -0.15) is 0 Å². The van der Waals surface area contributed by atoms with Crippen molar-refractivity contribution in [3.05, 3.63) is 18.1 Å². The molecule has 0 aromatic carbocycles. The lowest BCUT2D eigenvalue weighted by atomic mass is 10.0. The number of likely N-dealkylation sites (N-methyl/N-ethyl adjacent to an activating group) is 1. The first kappa shape index (κ1) is 11.9. The molecule has 0 spiro atoms. The van der Waals surface area contributed by atoms with Crippen LogP contribution in [0.3, 0.4) is 0 Å². The van der Waals surface area contributed by atoms with Gasteiger partial charge in [-0.05, 0) is 20.3 Å². The first-order chi connectivity index (χ1) is 7.01. The molecular weight excluding hydrogens is 188 g/mol. The van der Waals surface area contributed by atoms with Crippen molar-refractivity contribution in [2.75, 3.05) is 18.5 Å². The van der Waals surface area contributed by atoms with Gasteiger partial charge in [0.1, 0.15) is 12.1 Å². The molecule has 0 atom stereocenters. The lowest BCUT2D eigenvalue weighted by molar-refractivity contribution is 0.494. The van der Waals surface area contributed by atoms with E-state index >= 15 is 0 Å². The second-order valence-corrected chi connectivity index (χ2v) is 4.30. The van der Waals surface area contributed by atoms with Crippen LogP contribution in [0.25, 0.3) is 0 Å². The summed E-state index contributed by atoms with van der Waals surface area (Å²) in [7, 11) is 2.01. The number of anilines is 1. The van der Waals surface area contributed by atoms with Gasteiger partial charge >= 0.3 is 0 Å². The summed E-state index contributed by atoms with van der Waals surface area (Å²) in [6.07, 6.45) is 2.53. The maximum Gasteiger partial charge on any atom is 0.132 e. The lowest BCUT2D eigenvalue weighted by Crippen LogP contribution is -2.47. The molecule has 0 fully saturated rings. The van der Waals surface area contributed by atoms with Gasteiger partial charge < -0.3 is 10.6 Å². The van der Waals surface area contributed by atoms with E-state index in [9.17, 15) is 0 Å². The highest BCUT2D eigenvalue weighted by molar-refractivity contribution is 5.41. The van der Waals surface area contributed by atoms with Gasteiger partial charge in [-0.3, -0.25) is 0 Å². The molecule has 4 nitrogen and oxygen atoms in total. The predicted octanol–water partition coefficient (Wildman–Crippen LogP) is 1.21. The van der Waals surface area contributed by atoms with Crippen molar-refractivity contribution in [3.8, 4) is 0 Å². The molecule has 4 heteroatoms. The molecule has 0 saturated heterocycles. The molecule has 0 aliphatic heterocycles. The van der Waals surface area contributed by atoms with Gasteiger partial charge in [0.25, 0.3) is 0 Å². The van der Waals surface area contributed by atoms with E-state index in [-0.39, 0.29) is 5.54 Å². The van der Waals surface area contributed by atoms with Gasteiger partial charge in [-0.25, -0.2) is 9.97 Å². The highest BCUT2D eigenvalue weighted by Crippen LogP contribution is 2.19. The van der Waals surface area contributed by atoms with Crippen molar-refractivity contribution in [2.45, 2.75) is 32.7 Å². The molecule has 0 radical (unpaired) electrons. The zero-order chi connectivity index (χ0) is 11.5. The second kappa shape index (κ2) is 4.57. The number of nitrogens with two attached hydrogens (primary N) is 1. The van der Waals surface area contributed by atoms with Gasteiger partial charge in [0, 0.05) is 30.9 Å². The SMILES string of the molecule is CCc1cc(N(C)C(C)(C)CN)ncn1. The van der Waals surface area contributed by atoms with Gasteiger partial charge in [-0.15, -0.1) is 0 Å². The Morgan fingerprint density at radius 1 is 1.40 bits per heavy atom. The Morgan fingerprint density at radius 3 is 2.60 bits per heavy atom. The molecule has 0 bridgehead atoms. The average molecular weight is 208 g/mol. The minimum Gasteiger partial charge on any atom is -0.353 e. The van der Waals surface area contributed by atoms with Crippen molar-refractivity contribution in [2.24, 2.45) is 5.73 Å². The summed E-state index contributed by atoms with van der Waals surface area (Å²) in [5.41, 5.74) is 6.70. The Labute approximate surface area is 91.5 Å². The normalized spacial score (nSPS) is 11.5. The van der Waals surface area contributed by atoms with Crippen LogP contribution in [0.1, 0.15) is 26.5 Å². The van der Waals surface area contributed by atoms with Crippen LogP contribution in [0, 0.1) is 0 Å². The van der Waals surface area contributed by atoms with Crippen LogP contribution in [0.4, 0.5) is 5.82 Å². The number of hydrogen-bond acceptors (Lipinski definition) is 4. The number of aromatic nitrogens is 2. The molecule has 0 amide bonds. The van der Waals surface area contributed by atoms with E-state index in [0.29, 0.717) is 6.54 Å². The Morgan fingerprint density at radius 2 is 2.07 bits per heavy atom. The van der Waals surface area contributed by atoms with E-state index in [2.05, 4.69) is 35.6 Å². The van der Waals surface area contributed by atoms with Crippen LogP contribution in [0.15, 0.2) is 12.4 Å². The van der Waals surface area contributed by atoms with Crippen LogP contribution in [-0.4, -0.2) is 29.1 Å². The topological polar surface area (TPSA) is 55.0 Å². The van der Waals surface area contributed by atoms with Crippen LogP contribution >= 0.6 is 0 Å². The lowest BCUT2D eigenvalue weighted by Gasteiger charge is -2.35. The molecule has 0 saturated carbocycles. The fraction of sp³-hybridized carbons (Fsp3) is 0.636. The third-order valence-corrected chi connectivity index (χ3v) is 2.82. The summed E-state index contributed by atoms with van der Waals surface area (Å²) in [5.74, 6) is 0.928. The van der Waals surface area contributed by atoms with Gasteiger partial charge in [0.2, 0.25) is 0 Å². The Bertz CT molecular complexity index is 322. The summed E-state index contributed by atoms with van der Waals surface area (Å²) < 4.78 is 0. The van der Waals surface area contributed by atoms with Gasteiger partial charge in [0.05, 0.1) is 0 Å². The quantitative estimate of drug-likeness (QED) is 0.808. The van der Waals surface area contributed by atoms with Gasteiger partial charge in [-0.1, -0.05) is 6.92 Å². The van der Waals surface area contributed by atoms with Crippen LogP contribution < -0.4 is 10.6 Å². The average Bonchev–Trinajstić information content (AvgIpc) is 2.28. The third-order valence-electron chi connectivity index (χ3n) is 2.82. The van der Waals surface area contributed by atoms with E-state index in [1.54, 1.807) is 6.33 Å². The standard InChI is InChI=1S/C11H20N4/c1-5-9-6-10(14-8-13-9)15(4)11(2,3)7-12/h6,8H,5,7,12H2,1-4H3. The van der Waals surface area contributed by atoms with E-state index in [0.717, 1.165) is 17.9 Å². The first-order valence-corrected chi connectivity index (χ1v) is 5.26. The molecular formula is C11H20N4. The fourth-order valence-electron chi connectivity index (χ4n) is 1.21. The molecule has 1 rings (SSSR count). The minimum atomic E-state index is -0.0840. The molecule has 1 heterocycles. The Kier molecular flexibility index (Phi) is 3.63. The monoisotopic (exact) mass is 208 g/mol. The smallest absolute Gasteiger partial charge is 0.132 e. The zero-order valence-electron chi connectivity index (χ0n) is 9.99. The van der Waals surface area contributed by atoms with Crippen LogP contribution in [0.5, 0.6) is 0 Å². The van der Waals surface area contributed by atoms with Crippen molar-refractivity contribution < 1.29 is 0 Å². The summed E-state index contributed by atoms with van der Waals surface area (Å²) in [6.45, 7) is 6.87. The molecule has 0 unspecified atom stereocenters. The summed E-state index contributed by atoms with van der Waals surface area (Å²) in [4.78, 5) is 10.5. The summed E-state index contributed by atoms with van der Waals surface area (Å²) in [6, 6.07) is 2.01. The highest BCUT2D eigenvalue weighted by atomic mass is 15.2. The van der Waals surface area contributed by atoms with E-state index < -0.39 is 0 Å². The second-order valence-electron chi connectivity index (χ2n) is 4.30. The maximum absolute atomic E-state index is 5.73. The van der Waals surface area contributed by atoms with E-state index in [1.165, 1.54) is 0 Å². The molecule has 1 aromatic heterocycles. The number of aryl methyl sites for hydroxylation is 1. The number of hydrogen-bond donors (Lipinski definition) is 1. The third kappa shape index (κ3) is 2.65. The molecule has 0 aliphatic carbocycles. The van der Waals surface area contributed by atoms with Crippen LogP contribution in [-0.2, 0) is 6.42 Å². The first-order valence-electron chi connectivity index (χ1n) is 5.26. The molecule has 84 valence electrons. The largest absolute Gasteiger partial charge is 0.353 e. The molecule has 15 heavy (non-hydrogen) atoms. The number of rotatable bonds is 4. The Balaban J connectivity index is 2.95. The fourth-order valence-corrected chi connectivity index (χ4v) is 1.21. The van der Waals surface area contributed by atoms with E-state index in [4.69, 9.17) is 5.73 Å². The van der Waals surface area contributed by atoms with Crippen molar-refractivity contribution in [1.82, 2.24) is 9.97 Å². The Hall–Kier alpha value is -1.16. The van der Waals surface area contributed by atoms with Crippen molar-refractivity contribution in [3.63, 3.8) is 0 Å². The van der Waals surface area contributed by atoms with Crippen molar-refractivity contribution >= 4 is 5.82 Å². The van der Waals surface area contributed by atoms with Crippen molar-refractivity contribution in [1.29, 1.82) is 0 Å². The minimum absolute atomic E-state index is 0.0840. The molecule has 1 aromatic rings. The predicted molar refractivity (Wildman–Crippen MR) is 62.9 cm³/mol.